The van der Waals surface area contributed by atoms with Gasteiger partial charge in [-0.3, -0.25) is 4.40 Å². The zero-order valence-electron chi connectivity index (χ0n) is 31.8. The van der Waals surface area contributed by atoms with Crippen molar-refractivity contribution in [1.82, 2.24) is 9.38 Å². The van der Waals surface area contributed by atoms with Gasteiger partial charge in [-0.1, -0.05) is 186 Å². The maximum atomic E-state index is 6.27. The molecule has 1 aliphatic heterocycles. The minimum Gasteiger partial charge on any atom is -0.423 e. The molecule has 7 aromatic carbocycles. The summed E-state index contributed by atoms with van der Waals surface area (Å²) in [7, 11) is -2.95. The van der Waals surface area contributed by atoms with Gasteiger partial charge in [-0.2, -0.15) is 4.98 Å². The van der Waals surface area contributed by atoms with Gasteiger partial charge in [0.25, 0.3) is 0 Å². The Morgan fingerprint density at radius 1 is 0.600 bits per heavy atom. The Hall–Kier alpha value is -5.62. The number of rotatable bonds is 5. The molecule has 2 aromatic heterocycles. The number of imidazole rings is 1. The molecule has 0 atom stereocenters. The Bertz CT molecular complexity index is 2880. The molecular weight excluding hydrogens is 705 g/mol. The van der Waals surface area contributed by atoms with Gasteiger partial charge in [0.2, 0.25) is 0 Å². The molecule has 1 aliphatic rings. The topological polar surface area (TPSA) is 30.4 Å². The van der Waals surface area contributed by atoms with Crippen LogP contribution in [0.2, 0.25) is 0 Å². The highest BCUT2D eigenvalue weighted by Gasteiger charge is 2.46. The fraction of sp³-hybridized carbons (Fsp3) is 0.140. The van der Waals surface area contributed by atoms with Crippen LogP contribution in [0.5, 0.6) is 0 Å². The number of para-hydroxylation sites is 3. The highest BCUT2D eigenvalue weighted by atomic mass is 32.2. The second-order valence-electron chi connectivity index (χ2n) is 16.4. The average Bonchev–Trinajstić information content (AvgIpc) is 3.76. The van der Waals surface area contributed by atoms with Crippen molar-refractivity contribution in [2.45, 2.75) is 55.2 Å². The fourth-order valence-corrected chi connectivity index (χ4v) is 16.0. The van der Waals surface area contributed by atoms with Gasteiger partial charge in [-0.15, -0.1) is 0 Å². The molecule has 0 bridgehead atoms. The first-order valence-electron chi connectivity index (χ1n) is 19.1. The molecule has 0 saturated heterocycles. The Labute approximate surface area is 327 Å². The molecule has 268 valence electrons. The van der Waals surface area contributed by atoms with E-state index in [9.17, 15) is 0 Å². The van der Waals surface area contributed by atoms with E-state index in [-0.39, 0.29) is 10.8 Å². The first-order chi connectivity index (χ1) is 26.7. The second kappa shape index (κ2) is 12.5. The van der Waals surface area contributed by atoms with Crippen molar-refractivity contribution in [3.05, 3.63) is 180 Å². The summed E-state index contributed by atoms with van der Waals surface area (Å²) in [5.74, 6) is 0.619. The van der Waals surface area contributed by atoms with Crippen LogP contribution in [0, 0.1) is 0 Å². The smallest absolute Gasteiger partial charge is 0.307 e. The first kappa shape index (κ1) is 33.9. The van der Waals surface area contributed by atoms with Crippen LogP contribution in [0.3, 0.4) is 0 Å². The maximum Gasteiger partial charge on any atom is 0.307 e. The molecule has 0 saturated carbocycles. The molecule has 0 radical (unpaired) electrons. The van der Waals surface area contributed by atoms with Crippen molar-refractivity contribution in [3.8, 4) is 11.1 Å². The predicted octanol–water partition coefficient (Wildman–Crippen LogP) is 10.4. The van der Waals surface area contributed by atoms with E-state index in [2.05, 4.69) is 191 Å². The highest BCUT2D eigenvalue weighted by molar-refractivity contribution is 7.99. The van der Waals surface area contributed by atoms with Crippen molar-refractivity contribution in [1.29, 1.82) is 0 Å². The summed E-state index contributed by atoms with van der Waals surface area (Å²) in [6.45, 7) is 11.8. The van der Waals surface area contributed by atoms with Crippen molar-refractivity contribution >= 4 is 68.6 Å². The minimum atomic E-state index is -2.95. The Kier molecular flexibility index (Phi) is 7.68. The molecule has 0 N–H and O–H groups in total. The number of benzene rings is 7. The molecule has 55 heavy (non-hydrogen) atoms. The molecule has 0 fully saturated rings. The van der Waals surface area contributed by atoms with Crippen LogP contribution >= 0.6 is 11.8 Å². The molecule has 0 aliphatic carbocycles. The third kappa shape index (κ3) is 5.06. The Morgan fingerprint density at radius 2 is 1.24 bits per heavy atom. The van der Waals surface area contributed by atoms with Crippen molar-refractivity contribution in [2.75, 3.05) is 0 Å². The van der Waals surface area contributed by atoms with E-state index >= 15 is 0 Å². The number of aromatic nitrogens is 2. The summed E-state index contributed by atoms with van der Waals surface area (Å²) in [4.78, 5) is 7.88. The van der Waals surface area contributed by atoms with Crippen LogP contribution in [0.15, 0.2) is 178 Å². The van der Waals surface area contributed by atoms with Crippen molar-refractivity contribution in [3.63, 3.8) is 0 Å². The largest absolute Gasteiger partial charge is 0.423 e. The standard InChI is InChI=1S/C50H42N2OSSi/c1-49(2,3)40-32-35(30-31-36(40)37-22-16-26-42-46(37)51-48-52(42)41-25-13-14-27-43(41)53-48)55(33-18-8-6-9-19-33,34-20-10-7-11-21-34)45-29-17-24-39-47(45)54-44-28-15-12-23-38(44)50(39,4)5/h6-32H,1-5H3. The van der Waals surface area contributed by atoms with Crippen molar-refractivity contribution < 1.29 is 4.42 Å². The van der Waals surface area contributed by atoms with Crippen LogP contribution in [0.25, 0.3) is 39.1 Å². The zero-order chi connectivity index (χ0) is 37.5. The van der Waals surface area contributed by atoms with E-state index in [0.29, 0.717) is 5.84 Å². The fourth-order valence-electron chi connectivity index (χ4n) is 9.16. The zero-order valence-corrected chi connectivity index (χ0v) is 33.6. The summed E-state index contributed by atoms with van der Waals surface area (Å²) in [6.07, 6.45) is 0. The molecule has 0 unspecified atom stereocenters. The van der Waals surface area contributed by atoms with Crippen LogP contribution < -0.4 is 20.7 Å². The van der Waals surface area contributed by atoms with E-state index in [1.54, 1.807) is 0 Å². The molecule has 0 amide bonds. The monoisotopic (exact) mass is 746 g/mol. The summed E-state index contributed by atoms with van der Waals surface area (Å²) in [5, 5.41) is 5.57. The van der Waals surface area contributed by atoms with Gasteiger partial charge >= 0.3 is 5.84 Å². The van der Waals surface area contributed by atoms with Gasteiger partial charge < -0.3 is 4.42 Å². The van der Waals surface area contributed by atoms with Crippen LogP contribution in [-0.2, 0) is 10.8 Å². The SMILES string of the molecule is CC(C)(C)c1cc([Si](c2ccccc2)(c2ccccc2)c2cccc3c2Sc2ccccc2C3(C)C)ccc1-c1cccc2c1nc1oc3ccccc3n12. The Morgan fingerprint density at radius 3 is 1.98 bits per heavy atom. The van der Waals surface area contributed by atoms with E-state index in [1.807, 2.05) is 23.9 Å². The average molecular weight is 747 g/mol. The quantitative estimate of drug-likeness (QED) is 0.130. The molecule has 0 spiro atoms. The summed E-state index contributed by atoms with van der Waals surface area (Å²) in [5.41, 5.74) is 9.98. The molecule has 3 nitrogen and oxygen atoms in total. The van der Waals surface area contributed by atoms with Crippen LogP contribution in [0.4, 0.5) is 0 Å². The number of hydrogen-bond donors (Lipinski definition) is 0. The van der Waals surface area contributed by atoms with E-state index < -0.39 is 8.07 Å². The highest BCUT2D eigenvalue weighted by Crippen LogP contribution is 2.49. The molecule has 3 heterocycles. The van der Waals surface area contributed by atoms with Gasteiger partial charge in [0.15, 0.2) is 13.7 Å². The lowest BCUT2D eigenvalue weighted by Crippen LogP contribution is -2.75. The van der Waals surface area contributed by atoms with Gasteiger partial charge in [0.1, 0.15) is 5.52 Å². The summed E-state index contributed by atoms with van der Waals surface area (Å²) in [6, 6.07) is 60.9. The van der Waals surface area contributed by atoms with E-state index in [4.69, 9.17) is 9.40 Å². The first-order valence-corrected chi connectivity index (χ1v) is 22.0. The second-order valence-corrected chi connectivity index (χ2v) is 21.2. The molecular formula is C50H42N2OSSi. The number of hydrogen-bond acceptors (Lipinski definition) is 3. The molecule has 9 aromatic rings. The lowest BCUT2D eigenvalue weighted by molar-refractivity contribution is 0.592. The van der Waals surface area contributed by atoms with E-state index in [0.717, 1.165) is 27.7 Å². The normalized spacial score (nSPS) is 14.0. The third-order valence-electron chi connectivity index (χ3n) is 11.8. The van der Waals surface area contributed by atoms with Gasteiger partial charge in [-0.05, 0) is 72.7 Å². The molecule has 10 rings (SSSR count). The predicted molar refractivity (Wildman–Crippen MR) is 233 cm³/mol. The van der Waals surface area contributed by atoms with Crippen molar-refractivity contribution in [2.24, 2.45) is 0 Å². The number of fused-ring (bicyclic) bond motifs is 7. The number of oxazole rings is 1. The lowest BCUT2D eigenvalue weighted by Gasteiger charge is -2.41. The summed E-state index contributed by atoms with van der Waals surface area (Å²) < 4.78 is 8.42. The number of nitrogens with zero attached hydrogens (tertiary/aromatic N) is 2. The van der Waals surface area contributed by atoms with Gasteiger partial charge in [0.05, 0.1) is 11.0 Å². The maximum absolute atomic E-state index is 6.27. The third-order valence-corrected chi connectivity index (χ3v) is 18.0. The van der Waals surface area contributed by atoms with Crippen LogP contribution in [-0.4, -0.2) is 17.5 Å². The lowest BCUT2D eigenvalue weighted by atomic mass is 9.78. The summed E-state index contributed by atoms with van der Waals surface area (Å²) >= 11 is 1.95. The Balaban J connectivity index is 1.28. The van der Waals surface area contributed by atoms with Crippen LogP contribution in [0.1, 0.15) is 51.3 Å². The molecule has 5 heteroatoms. The minimum absolute atomic E-state index is 0.144. The van der Waals surface area contributed by atoms with Gasteiger partial charge in [0, 0.05) is 20.8 Å². The van der Waals surface area contributed by atoms with E-state index in [1.165, 1.54) is 52.8 Å². The van der Waals surface area contributed by atoms with Gasteiger partial charge in [-0.25, -0.2) is 0 Å².